The second-order valence-electron chi connectivity index (χ2n) is 3.89. The highest BCUT2D eigenvalue weighted by Crippen LogP contribution is 2.23. The summed E-state index contributed by atoms with van der Waals surface area (Å²) in [5.74, 6) is -0.922. The topological polar surface area (TPSA) is 42.2 Å². The Morgan fingerprint density at radius 1 is 1.22 bits per heavy atom. The molecule has 2 aromatic rings. The van der Waals surface area contributed by atoms with E-state index in [0.29, 0.717) is 23.0 Å². The standard InChI is InChI=1S/C13H11Cl2NO2/c14-10-4-3-9(8-11(10)15)5-7-16-6-1-2-12(16)13(17)18/h1-4,6,8H,5,7H2,(H,17,18). The van der Waals surface area contributed by atoms with Crippen LogP contribution in [0.2, 0.25) is 10.0 Å². The molecule has 0 aliphatic heterocycles. The van der Waals surface area contributed by atoms with Crippen LogP contribution in [0.4, 0.5) is 0 Å². The van der Waals surface area contributed by atoms with Gasteiger partial charge in [-0.25, -0.2) is 4.79 Å². The monoisotopic (exact) mass is 283 g/mol. The van der Waals surface area contributed by atoms with Crippen molar-refractivity contribution in [3.05, 3.63) is 57.8 Å². The Hall–Kier alpha value is -1.45. The average molecular weight is 284 g/mol. The molecule has 0 saturated heterocycles. The average Bonchev–Trinajstić information content (AvgIpc) is 2.79. The van der Waals surface area contributed by atoms with Gasteiger partial charge in [-0.2, -0.15) is 0 Å². The van der Waals surface area contributed by atoms with Crippen molar-refractivity contribution in [2.75, 3.05) is 0 Å². The smallest absolute Gasteiger partial charge is 0.352 e. The molecule has 0 aliphatic carbocycles. The van der Waals surface area contributed by atoms with E-state index in [-0.39, 0.29) is 5.69 Å². The number of aromatic nitrogens is 1. The molecule has 94 valence electrons. The fraction of sp³-hybridized carbons (Fsp3) is 0.154. The molecular formula is C13H11Cl2NO2. The van der Waals surface area contributed by atoms with Crippen LogP contribution in [0.5, 0.6) is 0 Å². The molecule has 18 heavy (non-hydrogen) atoms. The Balaban J connectivity index is 2.09. The van der Waals surface area contributed by atoms with Gasteiger partial charge >= 0.3 is 5.97 Å². The molecule has 2 rings (SSSR count). The van der Waals surface area contributed by atoms with Crippen molar-refractivity contribution in [3.8, 4) is 0 Å². The van der Waals surface area contributed by atoms with Crippen LogP contribution in [0.3, 0.4) is 0 Å². The minimum absolute atomic E-state index is 0.287. The van der Waals surface area contributed by atoms with E-state index in [4.69, 9.17) is 28.3 Å². The van der Waals surface area contributed by atoms with Crippen LogP contribution in [-0.2, 0) is 13.0 Å². The molecule has 0 aliphatic rings. The third-order valence-electron chi connectivity index (χ3n) is 2.67. The number of carboxylic acids is 1. The lowest BCUT2D eigenvalue weighted by Crippen LogP contribution is -2.09. The predicted molar refractivity (Wildman–Crippen MR) is 71.6 cm³/mol. The third-order valence-corrected chi connectivity index (χ3v) is 3.41. The van der Waals surface area contributed by atoms with Crippen molar-refractivity contribution in [2.24, 2.45) is 0 Å². The number of nitrogens with zero attached hydrogens (tertiary/aromatic N) is 1. The lowest BCUT2D eigenvalue weighted by atomic mass is 10.1. The molecule has 0 unspecified atom stereocenters. The first-order chi connectivity index (χ1) is 8.58. The summed E-state index contributed by atoms with van der Waals surface area (Å²) >= 11 is 11.8. The van der Waals surface area contributed by atoms with Crippen molar-refractivity contribution in [2.45, 2.75) is 13.0 Å². The Labute approximate surface area is 115 Å². The minimum Gasteiger partial charge on any atom is -0.477 e. The van der Waals surface area contributed by atoms with Crippen molar-refractivity contribution < 1.29 is 9.90 Å². The van der Waals surface area contributed by atoms with Crippen LogP contribution in [-0.4, -0.2) is 15.6 Å². The van der Waals surface area contributed by atoms with Gasteiger partial charge in [0, 0.05) is 12.7 Å². The molecule has 1 N–H and O–H groups in total. The van der Waals surface area contributed by atoms with E-state index >= 15 is 0 Å². The van der Waals surface area contributed by atoms with E-state index in [1.165, 1.54) is 0 Å². The normalized spacial score (nSPS) is 10.6. The van der Waals surface area contributed by atoms with E-state index < -0.39 is 5.97 Å². The highest BCUT2D eigenvalue weighted by molar-refractivity contribution is 6.42. The highest BCUT2D eigenvalue weighted by atomic mass is 35.5. The molecule has 0 spiro atoms. The van der Waals surface area contributed by atoms with Crippen LogP contribution in [0.25, 0.3) is 0 Å². The molecule has 1 heterocycles. The molecule has 0 saturated carbocycles. The molecule has 5 heteroatoms. The molecule has 0 amide bonds. The van der Waals surface area contributed by atoms with Gasteiger partial charge in [-0.3, -0.25) is 0 Å². The van der Waals surface area contributed by atoms with Gasteiger partial charge in [0.1, 0.15) is 5.69 Å². The number of hydrogen-bond donors (Lipinski definition) is 1. The second kappa shape index (κ2) is 5.46. The summed E-state index contributed by atoms with van der Waals surface area (Å²) < 4.78 is 1.70. The van der Waals surface area contributed by atoms with Crippen molar-refractivity contribution in [1.82, 2.24) is 4.57 Å². The summed E-state index contributed by atoms with van der Waals surface area (Å²) in [5, 5.41) is 10.0. The van der Waals surface area contributed by atoms with Crippen LogP contribution >= 0.6 is 23.2 Å². The first-order valence-electron chi connectivity index (χ1n) is 5.40. The summed E-state index contributed by atoms with van der Waals surface area (Å²) in [4.78, 5) is 10.9. The van der Waals surface area contributed by atoms with Gasteiger partial charge in [-0.1, -0.05) is 29.3 Å². The first-order valence-corrected chi connectivity index (χ1v) is 6.16. The summed E-state index contributed by atoms with van der Waals surface area (Å²) in [7, 11) is 0. The summed E-state index contributed by atoms with van der Waals surface area (Å²) in [5.41, 5.74) is 1.31. The quantitative estimate of drug-likeness (QED) is 0.929. The molecule has 0 atom stereocenters. The Morgan fingerprint density at radius 3 is 2.67 bits per heavy atom. The van der Waals surface area contributed by atoms with Crippen LogP contribution in [0.1, 0.15) is 16.1 Å². The van der Waals surface area contributed by atoms with Gasteiger partial charge in [-0.15, -0.1) is 0 Å². The van der Waals surface area contributed by atoms with E-state index in [1.54, 1.807) is 35.0 Å². The fourth-order valence-electron chi connectivity index (χ4n) is 1.75. The fourth-order valence-corrected chi connectivity index (χ4v) is 2.07. The summed E-state index contributed by atoms with van der Waals surface area (Å²) in [6.07, 6.45) is 2.45. The van der Waals surface area contributed by atoms with Gasteiger partial charge in [-0.05, 0) is 36.2 Å². The number of hydrogen-bond acceptors (Lipinski definition) is 1. The van der Waals surface area contributed by atoms with E-state index in [9.17, 15) is 4.79 Å². The number of carboxylic acid groups (broad SMARTS) is 1. The van der Waals surface area contributed by atoms with Gasteiger partial charge in [0.15, 0.2) is 0 Å². The Morgan fingerprint density at radius 2 is 2.00 bits per heavy atom. The summed E-state index contributed by atoms with van der Waals surface area (Å²) in [6.45, 7) is 0.590. The molecule has 0 fully saturated rings. The SMILES string of the molecule is O=C(O)c1cccn1CCc1ccc(Cl)c(Cl)c1. The van der Waals surface area contributed by atoms with Gasteiger partial charge in [0.2, 0.25) is 0 Å². The molecule has 0 radical (unpaired) electrons. The lowest BCUT2D eigenvalue weighted by Gasteiger charge is -2.07. The minimum atomic E-state index is -0.922. The zero-order valence-corrected chi connectivity index (χ0v) is 10.9. The van der Waals surface area contributed by atoms with Crippen LogP contribution < -0.4 is 0 Å². The molecular weight excluding hydrogens is 273 g/mol. The van der Waals surface area contributed by atoms with E-state index in [0.717, 1.165) is 5.56 Å². The number of aromatic carboxylic acids is 1. The lowest BCUT2D eigenvalue weighted by molar-refractivity contribution is 0.0685. The third kappa shape index (κ3) is 2.86. The van der Waals surface area contributed by atoms with E-state index in [1.807, 2.05) is 6.07 Å². The largest absolute Gasteiger partial charge is 0.477 e. The molecule has 1 aromatic heterocycles. The molecule has 1 aromatic carbocycles. The maximum absolute atomic E-state index is 10.9. The van der Waals surface area contributed by atoms with Crippen molar-refractivity contribution >= 4 is 29.2 Å². The maximum Gasteiger partial charge on any atom is 0.352 e. The summed E-state index contributed by atoms with van der Waals surface area (Å²) in [6, 6.07) is 8.73. The molecule has 0 bridgehead atoms. The zero-order valence-electron chi connectivity index (χ0n) is 9.44. The second-order valence-corrected chi connectivity index (χ2v) is 4.70. The zero-order chi connectivity index (χ0) is 13.1. The van der Waals surface area contributed by atoms with Crippen molar-refractivity contribution in [3.63, 3.8) is 0 Å². The molecule has 3 nitrogen and oxygen atoms in total. The number of halogens is 2. The van der Waals surface area contributed by atoms with Gasteiger partial charge in [0.05, 0.1) is 10.0 Å². The van der Waals surface area contributed by atoms with Crippen LogP contribution in [0.15, 0.2) is 36.5 Å². The van der Waals surface area contributed by atoms with Crippen LogP contribution in [0, 0.1) is 0 Å². The Bertz CT molecular complexity index is 578. The van der Waals surface area contributed by atoms with E-state index in [2.05, 4.69) is 0 Å². The van der Waals surface area contributed by atoms with Gasteiger partial charge < -0.3 is 9.67 Å². The van der Waals surface area contributed by atoms with Gasteiger partial charge in [0.25, 0.3) is 0 Å². The number of rotatable bonds is 4. The number of benzene rings is 1. The number of aryl methyl sites for hydroxylation is 2. The maximum atomic E-state index is 10.9. The predicted octanol–water partition coefficient (Wildman–Crippen LogP) is 3.74. The number of carbonyl (C=O) groups is 1. The van der Waals surface area contributed by atoms with Crippen molar-refractivity contribution in [1.29, 1.82) is 0 Å². The Kier molecular flexibility index (Phi) is 3.94. The highest BCUT2D eigenvalue weighted by Gasteiger charge is 2.08. The first kappa shape index (κ1) is 13.0.